The number of nitrogens with two attached hydrogens (primary N) is 1. The largest absolute Gasteiger partial charge is 0.493 e. The number of para-hydroxylation sites is 1. The molecule has 3 nitrogen and oxygen atoms in total. The Hall–Kier alpha value is -1.74. The summed E-state index contributed by atoms with van der Waals surface area (Å²) in [4.78, 5) is 0. The number of ether oxygens (including phenoxy) is 1. The van der Waals surface area contributed by atoms with Crippen LogP contribution in [0.25, 0.3) is 0 Å². The van der Waals surface area contributed by atoms with E-state index in [2.05, 4.69) is 35.2 Å². The summed E-state index contributed by atoms with van der Waals surface area (Å²) in [6.07, 6.45) is 9.38. The number of hydrogen-bond donors (Lipinski definition) is 1. The van der Waals surface area contributed by atoms with Crippen LogP contribution in [0, 0.1) is 0 Å². The Bertz CT molecular complexity index is 646. The Balaban J connectivity index is 1.58. The molecule has 1 aromatic carbocycles. The molecule has 1 aliphatic heterocycles. The third kappa shape index (κ3) is 2.36. The van der Waals surface area contributed by atoms with Gasteiger partial charge in [0.1, 0.15) is 5.75 Å². The highest BCUT2D eigenvalue weighted by atomic mass is 16.5. The number of nitrogens with zero attached hydrogens (tertiary/aromatic N) is 1. The standard InChI is InChI=1S/C18H22N2O/c19-17-7-3-1-5-13-9-20(11-16(13)17)10-14-12-21-18-8-4-2-6-15(14)18/h2,4,6,8-9,11,14,17H,1,3,5,7,10,12,19H2. The summed E-state index contributed by atoms with van der Waals surface area (Å²) >= 11 is 0. The fourth-order valence-electron chi connectivity index (χ4n) is 3.69. The summed E-state index contributed by atoms with van der Waals surface area (Å²) in [5.41, 5.74) is 10.5. The minimum absolute atomic E-state index is 0.218. The van der Waals surface area contributed by atoms with Gasteiger partial charge in [-0.25, -0.2) is 0 Å². The molecule has 0 radical (unpaired) electrons. The van der Waals surface area contributed by atoms with E-state index in [4.69, 9.17) is 10.5 Å². The first-order valence-electron chi connectivity index (χ1n) is 7.97. The summed E-state index contributed by atoms with van der Waals surface area (Å²) in [6.45, 7) is 1.77. The van der Waals surface area contributed by atoms with Gasteiger partial charge in [-0.2, -0.15) is 0 Å². The lowest BCUT2D eigenvalue weighted by atomic mass is 10.0. The highest BCUT2D eigenvalue weighted by Crippen LogP contribution is 2.35. The smallest absolute Gasteiger partial charge is 0.122 e. The fraction of sp³-hybridized carbons (Fsp3) is 0.444. The normalized spacial score (nSPS) is 24.0. The Morgan fingerprint density at radius 2 is 2.05 bits per heavy atom. The first-order valence-corrected chi connectivity index (χ1v) is 7.97. The molecule has 1 aliphatic carbocycles. The molecule has 2 heterocycles. The average Bonchev–Trinajstić information content (AvgIpc) is 3.05. The molecule has 0 spiro atoms. The van der Waals surface area contributed by atoms with Crippen molar-refractivity contribution in [1.29, 1.82) is 0 Å². The number of benzene rings is 1. The second-order valence-corrected chi connectivity index (χ2v) is 6.33. The van der Waals surface area contributed by atoms with Gasteiger partial charge in [0.15, 0.2) is 0 Å². The van der Waals surface area contributed by atoms with E-state index in [0.29, 0.717) is 5.92 Å². The molecule has 3 heteroatoms. The van der Waals surface area contributed by atoms with Crippen LogP contribution < -0.4 is 10.5 Å². The van der Waals surface area contributed by atoms with Gasteiger partial charge in [-0.1, -0.05) is 24.6 Å². The number of rotatable bonds is 2. The molecule has 2 aliphatic rings. The molecule has 2 atom stereocenters. The Morgan fingerprint density at radius 1 is 1.14 bits per heavy atom. The minimum atomic E-state index is 0.218. The monoisotopic (exact) mass is 282 g/mol. The molecule has 0 amide bonds. The topological polar surface area (TPSA) is 40.2 Å². The maximum Gasteiger partial charge on any atom is 0.122 e. The Morgan fingerprint density at radius 3 is 3.00 bits per heavy atom. The van der Waals surface area contributed by atoms with Crippen molar-refractivity contribution < 1.29 is 4.74 Å². The molecule has 2 unspecified atom stereocenters. The lowest BCUT2D eigenvalue weighted by molar-refractivity contribution is 0.319. The van der Waals surface area contributed by atoms with Crippen molar-refractivity contribution >= 4 is 0 Å². The highest BCUT2D eigenvalue weighted by molar-refractivity contribution is 5.39. The zero-order valence-electron chi connectivity index (χ0n) is 12.3. The van der Waals surface area contributed by atoms with Crippen molar-refractivity contribution in [3.63, 3.8) is 0 Å². The van der Waals surface area contributed by atoms with Crippen LogP contribution in [0.4, 0.5) is 0 Å². The van der Waals surface area contributed by atoms with Gasteiger partial charge >= 0.3 is 0 Å². The maximum atomic E-state index is 6.31. The van der Waals surface area contributed by atoms with Crippen molar-refractivity contribution in [2.75, 3.05) is 6.61 Å². The van der Waals surface area contributed by atoms with Gasteiger partial charge in [0.2, 0.25) is 0 Å². The second kappa shape index (κ2) is 5.23. The Labute approximate surface area is 125 Å². The van der Waals surface area contributed by atoms with Crippen LogP contribution in [-0.2, 0) is 13.0 Å². The number of aryl methyl sites for hydroxylation is 1. The summed E-state index contributed by atoms with van der Waals surface area (Å²) in [5, 5.41) is 0. The lowest BCUT2D eigenvalue weighted by Crippen LogP contribution is -2.11. The minimum Gasteiger partial charge on any atom is -0.493 e. The zero-order valence-corrected chi connectivity index (χ0v) is 12.3. The van der Waals surface area contributed by atoms with Gasteiger partial charge in [0.05, 0.1) is 6.61 Å². The van der Waals surface area contributed by atoms with Gasteiger partial charge in [-0.05, 0) is 36.5 Å². The third-order valence-electron chi connectivity index (χ3n) is 4.84. The van der Waals surface area contributed by atoms with Crippen molar-refractivity contribution in [3.05, 3.63) is 53.3 Å². The first-order chi connectivity index (χ1) is 10.3. The van der Waals surface area contributed by atoms with Gasteiger partial charge in [-0.15, -0.1) is 0 Å². The number of aromatic nitrogens is 1. The van der Waals surface area contributed by atoms with Crippen molar-refractivity contribution in [1.82, 2.24) is 4.57 Å². The van der Waals surface area contributed by atoms with Crippen LogP contribution in [0.1, 0.15) is 47.9 Å². The quantitative estimate of drug-likeness (QED) is 0.858. The average molecular weight is 282 g/mol. The van der Waals surface area contributed by atoms with Crippen molar-refractivity contribution in [2.24, 2.45) is 5.73 Å². The van der Waals surface area contributed by atoms with Crippen molar-refractivity contribution in [2.45, 2.75) is 44.2 Å². The summed E-state index contributed by atoms with van der Waals surface area (Å²) in [7, 11) is 0. The van der Waals surface area contributed by atoms with Gasteiger partial charge in [-0.3, -0.25) is 0 Å². The molecule has 0 saturated carbocycles. The molecule has 110 valence electrons. The van der Waals surface area contributed by atoms with E-state index in [9.17, 15) is 0 Å². The summed E-state index contributed by atoms with van der Waals surface area (Å²) in [5.74, 6) is 1.50. The number of hydrogen-bond acceptors (Lipinski definition) is 2. The van der Waals surface area contributed by atoms with Crippen LogP contribution in [0.3, 0.4) is 0 Å². The maximum absolute atomic E-state index is 6.31. The molecule has 4 rings (SSSR count). The van der Waals surface area contributed by atoms with Crippen LogP contribution in [0.15, 0.2) is 36.7 Å². The molecule has 0 saturated heterocycles. The van der Waals surface area contributed by atoms with Gasteiger partial charge < -0.3 is 15.0 Å². The molecule has 21 heavy (non-hydrogen) atoms. The Kier molecular flexibility index (Phi) is 3.23. The predicted molar refractivity (Wildman–Crippen MR) is 83.6 cm³/mol. The van der Waals surface area contributed by atoms with E-state index in [1.807, 2.05) is 6.07 Å². The van der Waals surface area contributed by atoms with E-state index < -0.39 is 0 Å². The van der Waals surface area contributed by atoms with Gasteiger partial charge in [0.25, 0.3) is 0 Å². The number of fused-ring (bicyclic) bond motifs is 2. The molecular formula is C18H22N2O. The second-order valence-electron chi connectivity index (χ2n) is 6.33. The summed E-state index contributed by atoms with van der Waals surface area (Å²) < 4.78 is 8.11. The first kappa shape index (κ1) is 13.0. The van der Waals surface area contributed by atoms with Crippen LogP contribution in [0.2, 0.25) is 0 Å². The molecule has 1 aromatic heterocycles. The van der Waals surface area contributed by atoms with Crippen LogP contribution >= 0.6 is 0 Å². The van der Waals surface area contributed by atoms with E-state index in [1.165, 1.54) is 36.0 Å². The van der Waals surface area contributed by atoms with E-state index in [-0.39, 0.29) is 6.04 Å². The lowest BCUT2D eigenvalue weighted by Gasteiger charge is -2.11. The molecular weight excluding hydrogens is 260 g/mol. The SMILES string of the molecule is NC1CCCCc2cn(CC3COc4ccccc43)cc21. The third-order valence-corrected chi connectivity index (χ3v) is 4.84. The fourth-order valence-corrected chi connectivity index (χ4v) is 3.69. The highest BCUT2D eigenvalue weighted by Gasteiger charge is 2.25. The zero-order chi connectivity index (χ0) is 14.2. The van der Waals surface area contributed by atoms with Gasteiger partial charge in [0, 0.05) is 36.5 Å². The predicted octanol–water partition coefficient (Wildman–Crippen LogP) is 3.39. The van der Waals surface area contributed by atoms with Crippen molar-refractivity contribution in [3.8, 4) is 5.75 Å². The van der Waals surface area contributed by atoms with Crippen LogP contribution in [-0.4, -0.2) is 11.2 Å². The molecule has 2 N–H and O–H groups in total. The molecule has 0 bridgehead atoms. The van der Waals surface area contributed by atoms with Crippen LogP contribution in [0.5, 0.6) is 5.75 Å². The molecule has 2 aromatic rings. The van der Waals surface area contributed by atoms with E-state index >= 15 is 0 Å². The van der Waals surface area contributed by atoms with E-state index in [1.54, 1.807) is 0 Å². The molecule has 0 fully saturated rings. The van der Waals surface area contributed by atoms with E-state index in [0.717, 1.165) is 25.3 Å². The summed E-state index contributed by atoms with van der Waals surface area (Å²) in [6, 6.07) is 8.61.